The van der Waals surface area contributed by atoms with E-state index in [0.717, 1.165) is 11.1 Å². The van der Waals surface area contributed by atoms with Crippen LogP contribution in [0.4, 0.5) is 5.69 Å². The van der Waals surface area contributed by atoms with Crippen molar-refractivity contribution in [1.82, 2.24) is 4.90 Å². The van der Waals surface area contributed by atoms with E-state index in [9.17, 15) is 19.5 Å². The zero-order chi connectivity index (χ0) is 32.4. The van der Waals surface area contributed by atoms with Crippen molar-refractivity contribution in [3.05, 3.63) is 136 Å². The third-order valence-electron chi connectivity index (χ3n) is 10.6. The number of carbonyl (C=O) groups is 4. The van der Waals surface area contributed by atoms with E-state index in [0.29, 0.717) is 34.2 Å². The smallest absolute Gasteiger partial charge is 0.246 e. The summed E-state index contributed by atoms with van der Waals surface area (Å²) in [6.07, 6.45) is 2.52. The summed E-state index contributed by atoms with van der Waals surface area (Å²) in [6.45, 7) is -0.170. The highest BCUT2D eigenvalue weighted by Gasteiger charge is 2.70. The lowest BCUT2D eigenvalue weighted by Gasteiger charge is -2.49. The zero-order valence-electron chi connectivity index (χ0n) is 25.3. The Bertz CT molecular complexity index is 1950. The molecule has 3 heterocycles. The van der Waals surface area contributed by atoms with E-state index >= 15 is 4.79 Å². The van der Waals surface area contributed by atoms with Gasteiger partial charge in [-0.1, -0.05) is 90.0 Å². The fraction of sp³-hybridized carbons (Fsp3) is 0.263. The number of likely N-dealkylation sites (tertiary alicyclic amines) is 1. The second-order valence-corrected chi connectivity index (χ2v) is 13.2. The molecule has 9 heteroatoms. The predicted octanol–water partition coefficient (Wildman–Crippen LogP) is 5.79. The van der Waals surface area contributed by atoms with E-state index < -0.39 is 40.9 Å². The van der Waals surface area contributed by atoms with Crippen LogP contribution in [0, 0.1) is 23.7 Å². The summed E-state index contributed by atoms with van der Waals surface area (Å²) in [4.78, 5) is 60.5. The molecule has 6 atom stereocenters. The Morgan fingerprint density at radius 2 is 1.57 bits per heavy atom. The fourth-order valence-electron chi connectivity index (χ4n) is 8.67. The molecular weight excluding hydrogens is 616 g/mol. The first-order chi connectivity index (χ1) is 22.8. The number of allylic oxidation sites excluding steroid dienone is 2. The van der Waals surface area contributed by atoms with Gasteiger partial charge in [-0.3, -0.25) is 24.1 Å². The Morgan fingerprint density at radius 3 is 2.28 bits per heavy atom. The van der Waals surface area contributed by atoms with Crippen molar-refractivity contribution in [1.29, 1.82) is 0 Å². The highest BCUT2D eigenvalue weighted by Crippen LogP contribution is 2.64. The lowest BCUT2D eigenvalue weighted by molar-refractivity contribution is -0.141. The molecule has 4 aromatic rings. The lowest BCUT2D eigenvalue weighted by Crippen LogP contribution is -2.53. The van der Waals surface area contributed by atoms with E-state index in [-0.39, 0.29) is 37.3 Å². The molecule has 3 aromatic carbocycles. The maximum Gasteiger partial charge on any atom is 0.246 e. The summed E-state index contributed by atoms with van der Waals surface area (Å²) in [5.41, 5.74) is 1.26. The minimum absolute atomic E-state index is 0.173. The number of amides is 4. The van der Waals surface area contributed by atoms with Crippen LogP contribution in [0.5, 0.6) is 0 Å². The quantitative estimate of drug-likeness (QED) is 0.210. The highest BCUT2D eigenvalue weighted by atomic mass is 35.5. The van der Waals surface area contributed by atoms with Crippen LogP contribution in [0.3, 0.4) is 0 Å². The van der Waals surface area contributed by atoms with Gasteiger partial charge in [0.25, 0.3) is 0 Å². The number of hydrogen-bond donors (Lipinski definition) is 1. The van der Waals surface area contributed by atoms with Gasteiger partial charge in [0.15, 0.2) is 0 Å². The van der Waals surface area contributed by atoms with E-state index in [4.69, 9.17) is 16.0 Å². The number of imide groups is 2. The Kier molecular flexibility index (Phi) is 7.04. The molecule has 236 valence electrons. The number of benzene rings is 3. The van der Waals surface area contributed by atoms with Gasteiger partial charge < -0.3 is 9.52 Å². The first kappa shape index (κ1) is 29.6. The number of furan rings is 1. The minimum Gasteiger partial charge on any atom is -0.463 e. The van der Waals surface area contributed by atoms with Gasteiger partial charge in [-0.05, 0) is 60.2 Å². The highest BCUT2D eigenvalue weighted by molar-refractivity contribution is 6.32. The molecule has 0 bridgehead atoms. The third kappa shape index (κ3) is 4.31. The molecule has 4 amide bonds. The monoisotopic (exact) mass is 646 g/mol. The van der Waals surface area contributed by atoms with Gasteiger partial charge in [-0.25, -0.2) is 4.90 Å². The first-order valence-corrected chi connectivity index (χ1v) is 16.2. The molecule has 0 radical (unpaired) electrons. The molecule has 2 aliphatic heterocycles. The van der Waals surface area contributed by atoms with Gasteiger partial charge in [-0.2, -0.15) is 0 Å². The second-order valence-electron chi connectivity index (χ2n) is 12.8. The Hall–Kier alpha value is -4.79. The van der Waals surface area contributed by atoms with Gasteiger partial charge >= 0.3 is 0 Å². The molecule has 1 aromatic heterocycles. The Balaban J connectivity index is 1.31. The second kappa shape index (κ2) is 11.2. The molecule has 1 N–H and O–H groups in total. The van der Waals surface area contributed by atoms with Gasteiger partial charge in [0.2, 0.25) is 23.6 Å². The maximum absolute atomic E-state index is 15.1. The number of carbonyl (C=O) groups excluding carboxylic acids is 4. The number of aliphatic hydroxyl groups excluding tert-OH is 1. The van der Waals surface area contributed by atoms with Gasteiger partial charge in [0.1, 0.15) is 23.5 Å². The van der Waals surface area contributed by atoms with Crippen LogP contribution in [0.1, 0.15) is 41.4 Å². The Labute approximate surface area is 276 Å². The largest absolute Gasteiger partial charge is 0.463 e. The number of nitrogens with zero attached hydrogens (tertiary/aromatic N) is 2. The number of hydrogen-bond acceptors (Lipinski definition) is 6. The molecular formula is C38H31ClN2O6. The molecule has 4 aliphatic rings. The van der Waals surface area contributed by atoms with Gasteiger partial charge in [0.05, 0.1) is 35.9 Å². The standard InChI is InChI=1S/C38H31ClN2O6/c39-24-12-7-13-25(18-24)41-35(44)30-19-29-27(15-16-28-32(29)36(45)40(34(28)43)20-22-8-3-1-4-9-22)33(31-17-14-26(21-42)47-31)38(30,37(41)46)23-10-5-2-6-11-23/h1-15,17-18,28-30,32-33,42H,16,19-21H2. The third-order valence-corrected chi connectivity index (χ3v) is 10.8. The zero-order valence-corrected chi connectivity index (χ0v) is 26.0. The number of fused-ring (bicyclic) bond motifs is 4. The minimum atomic E-state index is -1.42. The number of anilines is 1. The molecule has 6 unspecified atom stereocenters. The van der Waals surface area contributed by atoms with Crippen molar-refractivity contribution >= 4 is 40.9 Å². The molecule has 2 aliphatic carbocycles. The van der Waals surface area contributed by atoms with Crippen molar-refractivity contribution in [3.63, 3.8) is 0 Å². The summed E-state index contributed by atoms with van der Waals surface area (Å²) in [6, 6.07) is 28.8. The van der Waals surface area contributed by atoms with Crippen LogP contribution < -0.4 is 4.90 Å². The van der Waals surface area contributed by atoms with Crippen LogP contribution >= 0.6 is 11.6 Å². The van der Waals surface area contributed by atoms with Crippen molar-refractivity contribution in [2.45, 2.75) is 37.3 Å². The molecule has 3 fully saturated rings. The van der Waals surface area contributed by atoms with Gasteiger partial charge in [-0.15, -0.1) is 0 Å². The first-order valence-electron chi connectivity index (χ1n) is 15.8. The van der Waals surface area contributed by atoms with E-state index in [1.54, 1.807) is 36.4 Å². The molecule has 1 saturated carbocycles. The molecule has 47 heavy (non-hydrogen) atoms. The van der Waals surface area contributed by atoms with Crippen molar-refractivity contribution in [2.75, 3.05) is 4.90 Å². The van der Waals surface area contributed by atoms with Crippen LogP contribution in [0.15, 0.2) is 113 Å². The van der Waals surface area contributed by atoms with E-state index in [1.807, 2.05) is 66.7 Å². The average molecular weight is 647 g/mol. The van der Waals surface area contributed by atoms with Crippen molar-refractivity contribution < 1.29 is 28.7 Å². The topological polar surface area (TPSA) is 108 Å². The van der Waals surface area contributed by atoms with E-state index in [1.165, 1.54) is 9.80 Å². The fourth-order valence-corrected chi connectivity index (χ4v) is 8.86. The summed E-state index contributed by atoms with van der Waals surface area (Å²) in [5, 5.41) is 10.3. The number of aliphatic hydroxyl groups is 1. The SMILES string of the molecule is O=C1C2CC=C3C(CC4C(=O)N(c5cccc(Cl)c5)C(=O)C4(c4ccccc4)C3c3ccc(CO)o3)C2C(=O)N1Cc1ccccc1. The van der Waals surface area contributed by atoms with Crippen LogP contribution in [0.2, 0.25) is 5.02 Å². The lowest BCUT2D eigenvalue weighted by atomic mass is 9.50. The maximum atomic E-state index is 15.1. The van der Waals surface area contributed by atoms with Crippen molar-refractivity contribution in [3.8, 4) is 0 Å². The summed E-state index contributed by atoms with van der Waals surface area (Å²) in [7, 11) is 0. The number of rotatable bonds is 6. The normalized spacial score (nSPS) is 28.3. The molecule has 8 rings (SSSR count). The Morgan fingerprint density at radius 1 is 0.830 bits per heavy atom. The average Bonchev–Trinajstić information content (AvgIpc) is 3.73. The van der Waals surface area contributed by atoms with Crippen LogP contribution in [-0.2, 0) is 37.7 Å². The predicted molar refractivity (Wildman–Crippen MR) is 173 cm³/mol. The number of halogens is 1. The summed E-state index contributed by atoms with van der Waals surface area (Å²) < 4.78 is 6.22. The molecule has 0 spiro atoms. The molecule has 2 saturated heterocycles. The van der Waals surface area contributed by atoms with Crippen molar-refractivity contribution in [2.24, 2.45) is 23.7 Å². The van der Waals surface area contributed by atoms with E-state index in [2.05, 4.69) is 0 Å². The molecule has 8 nitrogen and oxygen atoms in total. The summed E-state index contributed by atoms with van der Waals surface area (Å²) >= 11 is 6.36. The summed E-state index contributed by atoms with van der Waals surface area (Å²) in [5.74, 6) is -3.93. The van der Waals surface area contributed by atoms with Gasteiger partial charge in [0, 0.05) is 5.02 Å². The van der Waals surface area contributed by atoms with Crippen LogP contribution in [0.25, 0.3) is 0 Å². The van der Waals surface area contributed by atoms with Crippen LogP contribution in [-0.4, -0.2) is 33.6 Å².